The third-order valence-electron chi connectivity index (χ3n) is 6.86. The average Bonchev–Trinajstić information content (AvgIpc) is 2.98. The molecule has 4 rings (SSSR count). The van der Waals surface area contributed by atoms with Crippen LogP contribution in [0.1, 0.15) is 37.7 Å². The molecule has 1 aromatic carbocycles. The standard InChI is InChI=1S/C21H31N3O/c1-22-12-7-19(20(22)25)24-15-10-21(11-16-24)8-13-23(14-9-21)17-18-5-3-2-4-6-18/h2-6,19H,7-17H2,1H3. The number of hydrogen-bond acceptors (Lipinski definition) is 3. The molecular formula is C21H31N3O. The van der Waals surface area contributed by atoms with Crippen molar-refractivity contribution in [3.8, 4) is 0 Å². The zero-order valence-electron chi connectivity index (χ0n) is 15.5. The Morgan fingerprint density at radius 1 is 0.960 bits per heavy atom. The number of nitrogens with zero attached hydrogens (tertiary/aromatic N) is 3. The maximum Gasteiger partial charge on any atom is 0.239 e. The fourth-order valence-electron chi connectivity index (χ4n) is 4.98. The molecule has 25 heavy (non-hydrogen) atoms. The Kier molecular flexibility index (Phi) is 4.83. The molecule has 4 nitrogen and oxygen atoms in total. The van der Waals surface area contributed by atoms with E-state index in [1.54, 1.807) is 0 Å². The molecule has 4 heteroatoms. The van der Waals surface area contributed by atoms with Gasteiger partial charge in [0.15, 0.2) is 0 Å². The van der Waals surface area contributed by atoms with Gasteiger partial charge in [-0.1, -0.05) is 30.3 Å². The predicted octanol–water partition coefficient (Wildman–Crippen LogP) is 2.60. The molecule has 1 amide bonds. The van der Waals surface area contributed by atoms with E-state index >= 15 is 0 Å². The highest BCUT2D eigenvalue weighted by atomic mass is 16.2. The smallest absolute Gasteiger partial charge is 0.239 e. The molecule has 3 aliphatic heterocycles. The van der Waals surface area contributed by atoms with E-state index in [2.05, 4.69) is 40.1 Å². The third-order valence-corrected chi connectivity index (χ3v) is 6.86. The molecule has 1 unspecified atom stereocenters. The number of carbonyl (C=O) groups is 1. The number of likely N-dealkylation sites (N-methyl/N-ethyl adjacent to an activating group) is 1. The van der Waals surface area contributed by atoms with E-state index in [0.717, 1.165) is 32.6 Å². The van der Waals surface area contributed by atoms with Gasteiger partial charge in [-0.15, -0.1) is 0 Å². The van der Waals surface area contributed by atoms with E-state index in [1.165, 1.54) is 44.3 Å². The van der Waals surface area contributed by atoms with Gasteiger partial charge >= 0.3 is 0 Å². The Labute approximate surface area is 151 Å². The van der Waals surface area contributed by atoms with Crippen LogP contribution in [0.2, 0.25) is 0 Å². The van der Waals surface area contributed by atoms with E-state index in [9.17, 15) is 4.79 Å². The molecule has 3 heterocycles. The zero-order valence-corrected chi connectivity index (χ0v) is 15.5. The number of rotatable bonds is 3. The number of benzene rings is 1. The molecule has 0 aliphatic carbocycles. The summed E-state index contributed by atoms with van der Waals surface area (Å²) in [4.78, 5) is 19.2. The van der Waals surface area contributed by atoms with Crippen molar-refractivity contribution in [2.75, 3.05) is 39.8 Å². The second-order valence-corrected chi connectivity index (χ2v) is 8.36. The van der Waals surface area contributed by atoms with Crippen molar-refractivity contribution >= 4 is 5.91 Å². The van der Waals surface area contributed by atoms with Gasteiger partial charge in [-0.3, -0.25) is 14.6 Å². The van der Waals surface area contributed by atoms with Crippen molar-refractivity contribution in [3.63, 3.8) is 0 Å². The normalized spacial score (nSPS) is 28.0. The van der Waals surface area contributed by atoms with Gasteiger partial charge in [-0.2, -0.15) is 0 Å². The second kappa shape index (κ2) is 7.08. The molecule has 1 atom stereocenters. The minimum absolute atomic E-state index is 0.167. The largest absolute Gasteiger partial charge is 0.344 e. The number of carbonyl (C=O) groups excluding carboxylic acids is 1. The summed E-state index contributed by atoms with van der Waals surface area (Å²) in [5.74, 6) is 0.341. The van der Waals surface area contributed by atoms with Gasteiger partial charge in [0.05, 0.1) is 6.04 Å². The fraction of sp³-hybridized carbons (Fsp3) is 0.667. The monoisotopic (exact) mass is 341 g/mol. The highest BCUT2D eigenvalue weighted by Crippen LogP contribution is 2.42. The van der Waals surface area contributed by atoms with E-state index in [-0.39, 0.29) is 6.04 Å². The van der Waals surface area contributed by atoms with Gasteiger partial charge < -0.3 is 4.90 Å². The summed E-state index contributed by atoms with van der Waals surface area (Å²) in [5.41, 5.74) is 1.97. The molecule has 3 aliphatic rings. The van der Waals surface area contributed by atoms with Crippen LogP contribution in [0.3, 0.4) is 0 Å². The van der Waals surface area contributed by atoms with Crippen LogP contribution in [-0.4, -0.2) is 66.4 Å². The predicted molar refractivity (Wildman–Crippen MR) is 100 cm³/mol. The van der Waals surface area contributed by atoms with Crippen LogP contribution in [0, 0.1) is 5.41 Å². The summed E-state index contributed by atoms with van der Waals surface area (Å²) in [6, 6.07) is 11.0. The number of piperidine rings is 2. The molecule has 0 N–H and O–H groups in total. The summed E-state index contributed by atoms with van der Waals surface area (Å²) in [6.45, 7) is 6.69. The second-order valence-electron chi connectivity index (χ2n) is 8.36. The van der Waals surface area contributed by atoms with Crippen molar-refractivity contribution in [2.45, 2.75) is 44.7 Å². The van der Waals surface area contributed by atoms with E-state index in [0.29, 0.717) is 11.3 Å². The Hall–Kier alpha value is -1.39. The van der Waals surface area contributed by atoms with Gasteiger partial charge in [0, 0.05) is 20.1 Å². The fourth-order valence-corrected chi connectivity index (χ4v) is 4.98. The van der Waals surface area contributed by atoms with Crippen LogP contribution in [0.25, 0.3) is 0 Å². The van der Waals surface area contributed by atoms with Gasteiger partial charge in [0.2, 0.25) is 5.91 Å². The van der Waals surface area contributed by atoms with Crippen molar-refractivity contribution in [1.29, 1.82) is 0 Å². The van der Waals surface area contributed by atoms with E-state index < -0.39 is 0 Å². The van der Waals surface area contributed by atoms with Gasteiger partial charge in [0.1, 0.15) is 0 Å². The first-order valence-electron chi connectivity index (χ1n) is 9.91. The Morgan fingerprint density at radius 3 is 2.20 bits per heavy atom. The first kappa shape index (κ1) is 17.0. The molecule has 136 valence electrons. The highest BCUT2D eigenvalue weighted by Gasteiger charge is 2.41. The zero-order chi connectivity index (χ0) is 17.3. The summed E-state index contributed by atoms with van der Waals surface area (Å²) < 4.78 is 0. The van der Waals surface area contributed by atoms with Crippen LogP contribution in [0.15, 0.2) is 30.3 Å². The van der Waals surface area contributed by atoms with Crippen LogP contribution in [0.4, 0.5) is 0 Å². The van der Waals surface area contributed by atoms with Gasteiger partial charge in [-0.25, -0.2) is 0 Å². The lowest BCUT2D eigenvalue weighted by Crippen LogP contribution is -2.50. The lowest BCUT2D eigenvalue weighted by molar-refractivity contribution is -0.132. The Bertz CT molecular complexity index is 584. The van der Waals surface area contributed by atoms with E-state index in [4.69, 9.17) is 0 Å². The SMILES string of the molecule is CN1CCC(N2CCC3(CCN(Cc4ccccc4)CC3)CC2)C1=O. The lowest BCUT2D eigenvalue weighted by atomic mass is 9.71. The molecular weight excluding hydrogens is 310 g/mol. The highest BCUT2D eigenvalue weighted by molar-refractivity contribution is 5.83. The lowest BCUT2D eigenvalue weighted by Gasteiger charge is -2.47. The van der Waals surface area contributed by atoms with Crippen molar-refractivity contribution in [3.05, 3.63) is 35.9 Å². The third kappa shape index (κ3) is 3.61. The number of hydrogen-bond donors (Lipinski definition) is 0. The molecule has 1 aromatic rings. The van der Waals surface area contributed by atoms with Crippen molar-refractivity contribution in [2.24, 2.45) is 5.41 Å². The van der Waals surface area contributed by atoms with Gasteiger partial charge in [-0.05, 0) is 69.3 Å². The maximum absolute atomic E-state index is 12.3. The van der Waals surface area contributed by atoms with Crippen molar-refractivity contribution < 1.29 is 4.79 Å². The van der Waals surface area contributed by atoms with Crippen LogP contribution in [-0.2, 0) is 11.3 Å². The topological polar surface area (TPSA) is 26.8 Å². The van der Waals surface area contributed by atoms with Crippen LogP contribution in [0.5, 0.6) is 0 Å². The summed E-state index contributed by atoms with van der Waals surface area (Å²) >= 11 is 0. The Morgan fingerprint density at radius 2 is 1.60 bits per heavy atom. The summed E-state index contributed by atoms with van der Waals surface area (Å²) in [6.07, 6.45) is 6.23. The van der Waals surface area contributed by atoms with Crippen LogP contribution >= 0.6 is 0 Å². The first-order chi connectivity index (χ1) is 12.2. The number of likely N-dealkylation sites (tertiary alicyclic amines) is 3. The first-order valence-corrected chi connectivity index (χ1v) is 9.91. The van der Waals surface area contributed by atoms with Gasteiger partial charge in [0.25, 0.3) is 0 Å². The minimum atomic E-state index is 0.167. The molecule has 3 saturated heterocycles. The quantitative estimate of drug-likeness (QED) is 0.845. The van der Waals surface area contributed by atoms with Crippen molar-refractivity contribution in [1.82, 2.24) is 14.7 Å². The number of amides is 1. The maximum atomic E-state index is 12.3. The Balaban J connectivity index is 1.27. The summed E-state index contributed by atoms with van der Waals surface area (Å²) in [7, 11) is 1.94. The molecule has 3 fully saturated rings. The average molecular weight is 341 g/mol. The molecule has 0 bridgehead atoms. The molecule has 0 radical (unpaired) electrons. The summed E-state index contributed by atoms with van der Waals surface area (Å²) in [5, 5.41) is 0. The molecule has 1 spiro atoms. The van der Waals surface area contributed by atoms with Crippen LogP contribution < -0.4 is 0 Å². The molecule has 0 aromatic heterocycles. The molecule has 0 saturated carbocycles. The minimum Gasteiger partial charge on any atom is -0.344 e. The van der Waals surface area contributed by atoms with E-state index in [1.807, 2.05) is 11.9 Å².